The molecule has 35 heavy (non-hydrogen) atoms. The van der Waals surface area contributed by atoms with Crippen LogP contribution in [-0.4, -0.2) is 55.7 Å². The number of H-pyrrole nitrogens is 1. The molecule has 0 saturated heterocycles. The van der Waals surface area contributed by atoms with E-state index in [0.717, 1.165) is 25.7 Å². The van der Waals surface area contributed by atoms with Gasteiger partial charge in [0.25, 0.3) is 11.5 Å². The lowest BCUT2D eigenvalue weighted by Crippen LogP contribution is -2.41. The standard InChI is InChI=1S/C26H34ClN3O5/c1-14-10-21(33-5)19(26(32)29-14)12-28-25(31)18-11-20(27)24-23(15(18)2)35-22(13-34-24)16-6-8-17(9-7-16)30(3)4/h10-11,16-17,22H,6-9,12-13H2,1-5H3,(H,28,31)(H,29,32). The molecule has 190 valence electrons. The number of aryl methyl sites for hydroxylation is 1. The number of aromatic amines is 1. The zero-order chi connectivity index (χ0) is 25.3. The summed E-state index contributed by atoms with van der Waals surface area (Å²) in [5.74, 6) is 1.48. The molecule has 0 bridgehead atoms. The molecule has 0 radical (unpaired) electrons. The van der Waals surface area contributed by atoms with Gasteiger partial charge in [0.15, 0.2) is 11.5 Å². The third-order valence-electron chi connectivity index (χ3n) is 7.22. The van der Waals surface area contributed by atoms with E-state index < -0.39 is 0 Å². The largest absolute Gasteiger partial charge is 0.496 e. The van der Waals surface area contributed by atoms with Gasteiger partial charge in [-0.25, -0.2) is 0 Å². The van der Waals surface area contributed by atoms with Gasteiger partial charge >= 0.3 is 0 Å². The molecule has 1 aliphatic heterocycles. The molecular weight excluding hydrogens is 470 g/mol. The predicted molar refractivity (Wildman–Crippen MR) is 135 cm³/mol. The highest BCUT2D eigenvalue weighted by atomic mass is 35.5. The number of nitrogens with one attached hydrogen (secondary N) is 2. The van der Waals surface area contributed by atoms with E-state index in [-0.39, 0.29) is 24.1 Å². The van der Waals surface area contributed by atoms with Crippen molar-refractivity contribution in [3.63, 3.8) is 0 Å². The maximum atomic E-state index is 13.1. The zero-order valence-electron chi connectivity index (χ0n) is 21.0. The number of ether oxygens (including phenoxy) is 3. The van der Waals surface area contributed by atoms with Crippen molar-refractivity contribution in [1.82, 2.24) is 15.2 Å². The second-order valence-corrected chi connectivity index (χ2v) is 10.1. The van der Waals surface area contributed by atoms with Gasteiger partial charge in [0.2, 0.25) is 0 Å². The van der Waals surface area contributed by atoms with Crippen molar-refractivity contribution in [1.29, 1.82) is 0 Å². The minimum Gasteiger partial charge on any atom is -0.496 e. The maximum absolute atomic E-state index is 13.1. The van der Waals surface area contributed by atoms with Gasteiger partial charge in [-0.2, -0.15) is 0 Å². The Morgan fingerprint density at radius 1 is 1.20 bits per heavy atom. The number of carbonyl (C=O) groups is 1. The number of fused-ring (bicyclic) bond motifs is 1. The Balaban J connectivity index is 1.51. The molecule has 1 amide bonds. The number of carbonyl (C=O) groups excluding carboxylic acids is 1. The van der Waals surface area contributed by atoms with Gasteiger partial charge in [-0.15, -0.1) is 0 Å². The zero-order valence-corrected chi connectivity index (χ0v) is 21.8. The number of rotatable bonds is 6. The van der Waals surface area contributed by atoms with Crippen LogP contribution in [0.2, 0.25) is 5.02 Å². The van der Waals surface area contributed by atoms with E-state index in [2.05, 4.69) is 29.3 Å². The fraction of sp³-hybridized carbons (Fsp3) is 0.538. The molecule has 1 aromatic carbocycles. The Kier molecular flexibility index (Phi) is 7.62. The highest BCUT2D eigenvalue weighted by Crippen LogP contribution is 2.45. The molecule has 2 aliphatic rings. The molecule has 1 aliphatic carbocycles. The second kappa shape index (κ2) is 10.5. The molecule has 0 spiro atoms. The summed E-state index contributed by atoms with van der Waals surface area (Å²) in [5, 5.41) is 3.15. The van der Waals surface area contributed by atoms with E-state index in [0.29, 0.717) is 63.2 Å². The van der Waals surface area contributed by atoms with Gasteiger partial charge in [0.05, 0.1) is 24.2 Å². The summed E-state index contributed by atoms with van der Waals surface area (Å²) in [5.41, 5.74) is 1.78. The summed E-state index contributed by atoms with van der Waals surface area (Å²) >= 11 is 6.49. The number of halogens is 1. The summed E-state index contributed by atoms with van der Waals surface area (Å²) in [7, 11) is 5.75. The van der Waals surface area contributed by atoms with Crippen LogP contribution in [0.4, 0.5) is 0 Å². The maximum Gasteiger partial charge on any atom is 0.256 e. The summed E-state index contributed by atoms with van der Waals surface area (Å²) < 4.78 is 17.8. The molecule has 9 heteroatoms. The van der Waals surface area contributed by atoms with E-state index in [1.165, 1.54) is 7.11 Å². The van der Waals surface area contributed by atoms with Crippen LogP contribution in [0.1, 0.15) is 52.9 Å². The van der Waals surface area contributed by atoms with Crippen LogP contribution in [0.3, 0.4) is 0 Å². The van der Waals surface area contributed by atoms with E-state index >= 15 is 0 Å². The van der Waals surface area contributed by atoms with Crippen LogP contribution in [0.5, 0.6) is 17.2 Å². The van der Waals surface area contributed by atoms with Gasteiger partial charge < -0.3 is 29.4 Å². The van der Waals surface area contributed by atoms with Crippen molar-refractivity contribution in [2.45, 2.75) is 58.2 Å². The van der Waals surface area contributed by atoms with Crippen LogP contribution in [0, 0.1) is 19.8 Å². The number of benzene rings is 1. The lowest BCUT2D eigenvalue weighted by Gasteiger charge is -2.38. The normalized spacial score (nSPS) is 21.6. The average molecular weight is 504 g/mol. The van der Waals surface area contributed by atoms with Crippen LogP contribution in [0.25, 0.3) is 0 Å². The van der Waals surface area contributed by atoms with Gasteiger partial charge in [0, 0.05) is 22.9 Å². The summed E-state index contributed by atoms with van der Waals surface area (Å²) in [6.07, 6.45) is 4.34. The van der Waals surface area contributed by atoms with Crippen LogP contribution in [0.15, 0.2) is 16.9 Å². The minimum atomic E-state index is -0.355. The Morgan fingerprint density at radius 3 is 2.57 bits per heavy atom. The Morgan fingerprint density at radius 2 is 1.91 bits per heavy atom. The number of aromatic nitrogens is 1. The fourth-order valence-corrected chi connectivity index (χ4v) is 5.34. The number of pyridine rings is 1. The van der Waals surface area contributed by atoms with E-state index in [4.69, 9.17) is 25.8 Å². The molecule has 4 rings (SSSR count). The Hall–Kier alpha value is -2.71. The Bertz CT molecular complexity index is 1150. The highest BCUT2D eigenvalue weighted by molar-refractivity contribution is 6.32. The van der Waals surface area contributed by atoms with Gasteiger partial charge in [0.1, 0.15) is 18.5 Å². The molecule has 1 saturated carbocycles. The van der Waals surface area contributed by atoms with E-state index in [1.807, 2.05) is 6.92 Å². The molecule has 2 aromatic rings. The third-order valence-corrected chi connectivity index (χ3v) is 7.50. The molecule has 2 heterocycles. The molecule has 2 N–H and O–H groups in total. The minimum absolute atomic E-state index is 0.0147. The monoisotopic (exact) mass is 503 g/mol. The first-order valence-electron chi connectivity index (χ1n) is 12.0. The summed E-state index contributed by atoms with van der Waals surface area (Å²) in [4.78, 5) is 30.5. The molecular formula is C26H34ClN3O5. The lowest BCUT2D eigenvalue weighted by molar-refractivity contribution is 0.0239. The SMILES string of the molecule is COc1cc(C)[nH]c(=O)c1CNC(=O)c1cc(Cl)c2c(c1C)OC(C1CCC(N(C)C)CC1)CO2. The van der Waals surface area contributed by atoms with Crippen molar-refractivity contribution in [2.24, 2.45) is 5.92 Å². The topological polar surface area (TPSA) is 92.9 Å². The number of nitrogens with zero attached hydrogens (tertiary/aromatic N) is 1. The lowest BCUT2D eigenvalue weighted by atomic mass is 9.82. The van der Waals surface area contributed by atoms with E-state index in [1.54, 1.807) is 19.1 Å². The smallest absolute Gasteiger partial charge is 0.256 e. The average Bonchev–Trinajstić information content (AvgIpc) is 2.84. The van der Waals surface area contributed by atoms with Crippen LogP contribution >= 0.6 is 11.6 Å². The van der Waals surface area contributed by atoms with Crippen molar-refractivity contribution < 1.29 is 19.0 Å². The molecule has 1 fully saturated rings. The quantitative estimate of drug-likeness (QED) is 0.622. The molecule has 1 unspecified atom stereocenters. The van der Waals surface area contributed by atoms with Crippen molar-refractivity contribution >= 4 is 17.5 Å². The van der Waals surface area contributed by atoms with Crippen molar-refractivity contribution in [2.75, 3.05) is 27.8 Å². The van der Waals surface area contributed by atoms with E-state index in [9.17, 15) is 9.59 Å². The van der Waals surface area contributed by atoms with Crippen molar-refractivity contribution in [3.05, 3.63) is 49.9 Å². The fourth-order valence-electron chi connectivity index (χ4n) is 5.09. The van der Waals surface area contributed by atoms with Crippen LogP contribution in [-0.2, 0) is 6.54 Å². The first-order chi connectivity index (χ1) is 16.7. The predicted octanol–water partition coefficient (Wildman–Crippen LogP) is 3.84. The second-order valence-electron chi connectivity index (χ2n) is 9.70. The summed E-state index contributed by atoms with van der Waals surface area (Å²) in [6.45, 7) is 4.07. The number of methoxy groups -OCH3 is 1. The van der Waals surface area contributed by atoms with Crippen LogP contribution < -0.4 is 25.1 Å². The molecule has 8 nitrogen and oxygen atoms in total. The van der Waals surface area contributed by atoms with Gasteiger partial charge in [-0.05, 0) is 71.7 Å². The third kappa shape index (κ3) is 5.28. The number of hydrogen-bond donors (Lipinski definition) is 2. The Labute approximate surface area is 210 Å². The number of hydrogen-bond acceptors (Lipinski definition) is 6. The van der Waals surface area contributed by atoms with Crippen molar-refractivity contribution in [3.8, 4) is 17.2 Å². The van der Waals surface area contributed by atoms with Gasteiger partial charge in [-0.1, -0.05) is 11.6 Å². The first kappa shape index (κ1) is 25.4. The summed E-state index contributed by atoms with van der Waals surface area (Å²) in [6, 6.07) is 3.92. The molecule has 1 atom stereocenters. The van der Waals surface area contributed by atoms with Gasteiger partial charge in [-0.3, -0.25) is 9.59 Å². The highest BCUT2D eigenvalue weighted by Gasteiger charge is 2.35. The number of amides is 1. The molecule has 1 aromatic heterocycles. The first-order valence-corrected chi connectivity index (χ1v) is 12.4.